The molecule has 1 aromatic carbocycles. The van der Waals surface area contributed by atoms with Crippen molar-refractivity contribution in [3.05, 3.63) is 48.3 Å². The molecule has 1 aliphatic heterocycles. The lowest BCUT2D eigenvalue weighted by Crippen LogP contribution is -2.30. The number of carbonyl (C=O) groups is 3. The van der Waals surface area contributed by atoms with Gasteiger partial charge >= 0.3 is 0 Å². The number of nitrogens with zero attached hydrogens (tertiary/aromatic N) is 5. The Bertz CT molecular complexity index is 849. The molecule has 0 aliphatic carbocycles. The molecule has 9 heteroatoms. The average molecular weight is 380 g/mol. The summed E-state index contributed by atoms with van der Waals surface area (Å²) in [5, 5.41) is 18.1. The summed E-state index contributed by atoms with van der Waals surface area (Å²) in [5.74, 6) is -0.106. The molecule has 0 fully saturated rings. The van der Waals surface area contributed by atoms with E-state index in [9.17, 15) is 14.4 Å². The molecule has 2 heterocycles. The van der Waals surface area contributed by atoms with Crippen LogP contribution in [0.5, 0.6) is 0 Å². The molecule has 1 N–H and O–H groups in total. The topological polar surface area (TPSA) is 118 Å². The lowest BCUT2D eigenvalue weighted by atomic mass is 10.1. The van der Waals surface area contributed by atoms with Gasteiger partial charge in [0.25, 0.3) is 11.8 Å². The Morgan fingerprint density at radius 1 is 0.929 bits per heavy atom. The molecule has 0 radical (unpaired) electrons. The van der Waals surface area contributed by atoms with E-state index in [1.807, 2.05) is 24.3 Å². The van der Waals surface area contributed by atoms with Crippen LogP contribution in [-0.4, -0.2) is 49.6 Å². The fourth-order valence-corrected chi connectivity index (χ4v) is 2.76. The number of benzene rings is 1. The first-order valence-corrected chi connectivity index (χ1v) is 9.03. The lowest BCUT2D eigenvalue weighted by Gasteiger charge is -2.13. The first-order valence-electron chi connectivity index (χ1n) is 9.03. The molecule has 1 aromatic heterocycles. The minimum atomic E-state index is -0.264. The number of hydrogen-bond donors (Lipinski definition) is 1. The van der Waals surface area contributed by atoms with Crippen LogP contribution in [0, 0.1) is 0 Å². The Balaban J connectivity index is 1.32. The van der Waals surface area contributed by atoms with Gasteiger partial charge in [0.2, 0.25) is 11.7 Å². The molecule has 0 saturated heterocycles. The van der Waals surface area contributed by atoms with E-state index < -0.39 is 0 Å². The predicted molar refractivity (Wildman–Crippen MR) is 99.2 cm³/mol. The van der Waals surface area contributed by atoms with Gasteiger partial charge in [-0.05, 0) is 18.4 Å². The fraction of sp³-hybridized carbons (Fsp3) is 0.316. The quantitative estimate of drug-likeness (QED) is 0.510. The van der Waals surface area contributed by atoms with Crippen molar-refractivity contribution in [2.75, 3.05) is 6.54 Å². The molecule has 1 aliphatic rings. The van der Waals surface area contributed by atoms with E-state index in [-0.39, 0.29) is 17.7 Å². The molecule has 0 spiro atoms. The van der Waals surface area contributed by atoms with E-state index in [1.165, 1.54) is 23.4 Å². The van der Waals surface area contributed by atoms with Gasteiger partial charge in [0, 0.05) is 37.2 Å². The van der Waals surface area contributed by atoms with E-state index in [1.54, 1.807) is 0 Å². The maximum Gasteiger partial charge on any atom is 0.253 e. The molecular weight excluding hydrogens is 360 g/mol. The van der Waals surface area contributed by atoms with Crippen molar-refractivity contribution in [3.63, 3.8) is 0 Å². The molecule has 0 atom stereocenters. The van der Waals surface area contributed by atoms with Crippen LogP contribution in [0.3, 0.4) is 0 Å². The van der Waals surface area contributed by atoms with Crippen molar-refractivity contribution in [1.29, 1.82) is 0 Å². The number of amides is 3. The SMILES string of the molecule is O=C(CCCCCN1C(=O)C=CC1=O)NCc1ccc(-c2nncnn2)cc1. The highest BCUT2D eigenvalue weighted by Crippen LogP contribution is 2.13. The Morgan fingerprint density at radius 3 is 2.29 bits per heavy atom. The first-order chi connectivity index (χ1) is 13.6. The third-order valence-electron chi connectivity index (χ3n) is 4.30. The van der Waals surface area contributed by atoms with Gasteiger partial charge < -0.3 is 5.32 Å². The van der Waals surface area contributed by atoms with Crippen LogP contribution in [0.15, 0.2) is 42.7 Å². The van der Waals surface area contributed by atoms with Gasteiger partial charge in [-0.25, -0.2) is 0 Å². The highest BCUT2D eigenvalue weighted by molar-refractivity contribution is 6.12. The molecule has 0 unspecified atom stereocenters. The van der Waals surface area contributed by atoms with Gasteiger partial charge in [-0.2, -0.15) is 0 Å². The molecule has 0 saturated carbocycles. The largest absolute Gasteiger partial charge is 0.352 e. The highest BCUT2D eigenvalue weighted by Gasteiger charge is 2.22. The summed E-state index contributed by atoms with van der Waals surface area (Å²) >= 11 is 0. The van der Waals surface area contributed by atoms with Gasteiger partial charge in [0.15, 0.2) is 6.33 Å². The normalized spacial score (nSPS) is 13.2. The van der Waals surface area contributed by atoms with Crippen molar-refractivity contribution < 1.29 is 14.4 Å². The Kier molecular flexibility index (Phi) is 6.50. The maximum absolute atomic E-state index is 12.0. The minimum absolute atomic E-state index is 0.0288. The van der Waals surface area contributed by atoms with Crippen molar-refractivity contribution in [3.8, 4) is 11.4 Å². The Labute approximate surface area is 161 Å². The second-order valence-electron chi connectivity index (χ2n) is 6.32. The van der Waals surface area contributed by atoms with Crippen LogP contribution in [-0.2, 0) is 20.9 Å². The first kappa shape index (κ1) is 19.3. The second-order valence-corrected chi connectivity index (χ2v) is 6.32. The number of carbonyl (C=O) groups excluding carboxylic acids is 3. The van der Waals surface area contributed by atoms with E-state index in [0.29, 0.717) is 38.2 Å². The zero-order valence-electron chi connectivity index (χ0n) is 15.2. The lowest BCUT2D eigenvalue weighted by molar-refractivity contribution is -0.136. The van der Waals surface area contributed by atoms with Gasteiger partial charge in [0.05, 0.1) is 0 Å². The maximum atomic E-state index is 12.0. The van der Waals surface area contributed by atoms with E-state index in [2.05, 4.69) is 25.7 Å². The smallest absolute Gasteiger partial charge is 0.253 e. The van der Waals surface area contributed by atoms with Crippen LogP contribution in [0.4, 0.5) is 0 Å². The van der Waals surface area contributed by atoms with Gasteiger partial charge in [-0.3, -0.25) is 19.3 Å². The molecule has 2 aromatic rings. The molecule has 144 valence electrons. The summed E-state index contributed by atoms with van der Waals surface area (Å²) in [7, 11) is 0. The van der Waals surface area contributed by atoms with Crippen molar-refractivity contribution in [1.82, 2.24) is 30.6 Å². The fourth-order valence-electron chi connectivity index (χ4n) is 2.76. The van der Waals surface area contributed by atoms with Crippen LogP contribution in [0.1, 0.15) is 31.2 Å². The Morgan fingerprint density at radius 2 is 1.61 bits per heavy atom. The van der Waals surface area contributed by atoms with Gasteiger partial charge in [0.1, 0.15) is 0 Å². The molecule has 9 nitrogen and oxygen atoms in total. The third kappa shape index (κ3) is 5.26. The van der Waals surface area contributed by atoms with Crippen LogP contribution < -0.4 is 5.32 Å². The number of aromatic nitrogens is 4. The van der Waals surface area contributed by atoms with Crippen molar-refractivity contribution in [2.24, 2.45) is 0 Å². The Hall–Kier alpha value is -3.49. The van der Waals surface area contributed by atoms with Crippen LogP contribution >= 0.6 is 0 Å². The molecular formula is C19H20N6O3. The van der Waals surface area contributed by atoms with Gasteiger partial charge in [-0.15, -0.1) is 20.4 Å². The van der Waals surface area contributed by atoms with E-state index in [0.717, 1.165) is 17.5 Å². The van der Waals surface area contributed by atoms with E-state index >= 15 is 0 Å². The zero-order valence-corrected chi connectivity index (χ0v) is 15.2. The van der Waals surface area contributed by atoms with Crippen molar-refractivity contribution >= 4 is 17.7 Å². The molecule has 28 heavy (non-hydrogen) atoms. The van der Waals surface area contributed by atoms with Gasteiger partial charge in [-0.1, -0.05) is 30.7 Å². The standard InChI is InChI=1S/C19H20N6O3/c26-16(4-2-1-3-11-25-17(27)9-10-18(25)28)20-12-14-5-7-15(8-6-14)19-23-21-13-22-24-19/h5-10,13H,1-4,11-12H2,(H,20,26). The van der Waals surface area contributed by atoms with Crippen LogP contribution in [0.2, 0.25) is 0 Å². The summed E-state index contributed by atoms with van der Waals surface area (Å²) in [6.45, 7) is 0.836. The summed E-state index contributed by atoms with van der Waals surface area (Å²) in [6, 6.07) is 7.50. The monoisotopic (exact) mass is 380 g/mol. The minimum Gasteiger partial charge on any atom is -0.352 e. The summed E-state index contributed by atoms with van der Waals surface area (Å²) < 4.78 is 0. The second kappa shape index (κ2) is 9.45. The number of rotatable bonds is 9. The third-order valence-corrected chi connectivity index (χ3v) is 4.30. The molecule has 3 rings (SSSR count). The molecule has 0 bridgehead atoms. The van der Waals surface area contributed by atoms with Crippen molar-refractivity contribution in [2.45, 2.75) is 32.2 Å². The summed E-state index contributed by atoms with van der Waals surface area (Å²) in [5.41, 5.74) is 1.77. The zero-order chi connectivity index (χ0) is 19.8. The van der Waals surface area contributed by atoms with Crippen LogP contribution in [0.25, 0.3) is 11.4 Å². The highest BCUT2D eigenvalue weighted by atomic mass is 16.2. The number of hydrogen-bond acceptors (Lipinski definition) is 7. The number of nitrogens with one attached hydrogen (secondary N) is 1. The predicted octanol–water partition coefficient (Wildman–Crippen LogP) is 1.04. The summed E-state index contributed by atoms with van der Waals surface area (Å²) in [4.78, 5) is 36.0. The summed E-state index contributed by atoms with van der Waals surface area (Å²) in [6.07, 6.45) is 6.42. The molecule has 3 amide bonds. The number of unbranched alkanes of at least 4 members (excludes halogenated alkanes) is 2. The number of imide groups is 1. The van der Waals surface area contributed by atoms with E-state index in [4.69, 9.17) is 0 Å². The average Bonchev–Trinajstić information content (AvgIpc) is 3.05.